The lowest BCUT2D eigenvalue weighted by molar-refractivity contribution is -0.131. The summed E-state index contributed by atoms with van der Waals surface area (Å²) in [6.45, 7) is 1.71. The highest BCUT2D eigenvalue weighted by molar-refractivity contribution is 4.89. The molecule has 1 aliphatic rings. The van der Waals surface area contributed by atoms with Crippen LogP contribution in [-0.2, 0) is 0 Å². The standard InChI is InChI=1S/C8H16O4/c1-4-5(3-9)2-6(10)8(12)7(4)11/h4-12H,2-3H2,1H3/t4-,5?,6+,7+,8?/m1/s1. The second-order valence-electron chi connectivity index (χ2n) is 3.59. The minimum Gasteiger partial charge on any atom is -0.396 e. The lowest BCUT2D eigenvalue weighted by Crippen LogP contribution is -2.50. The van der Waals surface area contributed by atoms with Crippen molar-refractivity contribution >= 4 is 0 Å². The molecule has 1 aliphatic carbocycles. The van der Waals surface area contributed by atoms with Gasteiger partial charge in [-0.3, -0.25) is 0 Å². The van der Waals surface area contributed by atoms with Crippen molar-refractivity contribution in [2.45, 2.75) is 31.7 Å². The second kappa shape index (κ2) is 3.70. The van der Waals surface area contributed by atoms with Crippen molar-refractivity contribution in [2.24, 2.45) is 11.8 Å². The van der Waals surface area contributed by atoms with E-state index in [-0.39, 0.29) is 18.4 Å². The molecule has 0 aromatic rings. The molecule has 0 bridgehead atoms. The summed E-state index contributed by atoms with van der Waals surface area (Å²) >= 11 is 0. The number of aliphatic hydroxyl groups is 4. The third-order valence-corrected chi connectivity index (χ3v) is 2.81. The predicted molar refractivity (Wildman–Crippen MR) is 42.4 cm³/mol. The Bertz CT molecular complexity index is 145. The molecule has 0 aromatic heterocycles. The first-order valence-corrected chi connectivity index (χ1v) is 4.23. The molecule has 0 radical (unpaired) electrons. The third kappa shape index (κ3) is 1.61. The van der Waals surface area contributed by atoms with E-state index in [1.54, 1.807) is 6.92 Å². The van der Waals surface area contributed by atoms with Crippen molar-refractivity contribution in [3.63, 3.8) is 0 Å². The van der Waals surface area contributed by atoms with Gasteiger partial charge in [-0.1, -0.05) is 6.92 Å². The van der Waals surface area contributed by atoms with E-state index in [0.29, 0.717) is 6.42 Å². The van der Waals surface area contributed by atoms with Crippen LogP contribution in [0.4, 0.5) is 0 Å². The topological polar surface area (TPSA) is 80.9 Å². The highest BCUT2D eigenvalue weighted by Gasteiger charge is 2.39. The molecule has 0 spiro atoms. The monoisotopic (exact) mass is 176 g/mol. The van der Waals surface area contributed by atoms with Crippen LogP contribution in [0.2, 0.25) is 0 Å². The summed E-state index contributed by atoms with van der Waals surface area (Å²) in [7, 11) is 0. The van der Waals surface area contributed by atoms with Crippen LogP contribution < -0.4 is 0 Å². The van der Waals surface area contributed by atoms with Crippen molar-refractivity contribution in [2.75, 3.05) is 6.61 Å². The Balaban J connectivity index is 2.63. The van der Waals surface area contributed by atoms with E-state index >= 15 is 0 Å². The van der Waals surface area contributed by atoms with E-state index in [2.05, 4.69) is 0 Å². The van der Waals surface area contributed by atoms with Gasteiger partial charge in [-0.2, -0.15) is 0 Å². The van der Waals surface area contributed by atoms with Crippen LogP contribution in [0.5, 0.6) is 0 Å². The van der Waals surface area contributed by atoms with Crippen LogP contribution in [0.3, 0.4) is 0 Å². The van der Waals surface area contributed by atoms with Crippen molar-refractivity contribution in [1.29, 1.82) is 0 Å². The van der Waals surface area contributed by atoms with E-state index in [1.807, 2.05) is 0 Å². The highest BCUT2D eigenvalue weighted by atomic mass is 16.4. The van der Waals surface area contributed by atoms with Gasteiger partial charge in [0.05, 0.1) is 12.2 Å². The largest absolute Gasteiger partial charge is 0.396 e. The van der Waals surface area contributed by atoms with E-state index in [9.17, 15) is 15.3 Å². The zero-order valence-corrected chi connectivity index (χ0v) is 7.09. The van der Waals surface area contributed by atoms with Gasteiger partial charge in [0.1, 0.15) is 6.10 Å². The fraction of sp³-hybridized carbons (Fsp3) is 1.00. The molecule has 0 amide bonds. The summed E-state index contributed by atoms with van der Waals surface area (Å²) in [5.41, 5.74) is 0. The zero-order chi connectivity index (χ0) is 9.30. The minimum atomic E-state index is -1.07. The normalized spacial score (nSPS) is 49.2. The molecule has 1 rings (SSSR count). The Kier molecular flexibility index (Phi) is 3.06. The van der Waals surface area contributed by atoms with Gasteiger partial charge in [-0.15, -0.1) is 0 Å². The lowest BCUT2D eigenvalue weighted by atomic mass is 9.76. The van der Waals surface area contributed by atoms with Crippen molar-refractivity contribution in [3.8, 4) is 0 Å². The molecule has 2 unspecified atom stereocenters. The van der Waals surface area contributed by atoms with Gasteiger partial charge in [-0.25, -0.2) is 0 Å². The van der Waals surface area contributed by atoms with Gasteiger partial charge >= 0.3 is 0 Å². The molecule has 4 N–H and O–H groups in total. The molecule has 0 heterocycles. The predicted octanol–water partition coefficient (Wildman–Crippen LogP) is -1.28. The first-order valence-electron chi connectivity index (χ1n) is 4.23. The highest BCUT2D eigenvalue weighted by Crippen LogP contribution is 2.30. The maximum Gasteiger partial charge on any atom is 0.106 e. The molecule has 1 saturated carbocycles. The average Bonchev–Trinajstić information content (AvgIpc) is 2.08. The van der Waals surface area contributed by atoms with Crippen molar-refractivity contribution < 1.29 is 20.4 Å². The Hall–Kier alpha value is -0.160. The molecule has 4 heteroatoms. The van der Waals surface area contributed by atoms with Crippen molar-refractivity contribution in [3.05, 3.63) is 0 Å². The Morgan fingerprint density at radius 2 is 1.75 bits per heavy atom. The maximum atomic E-state index is 9.40. The van der Waals surface area contributed by atoms with E-state index in [4.69, 9.17) is 5.11 Å². The van der Waals surface area contributed by atoms with Crippen LogP contribution in [0.1, 0.15) is 13.3 Å². The maximum absolute atomic E-state index is 9.40. The number of rotatable bonds is 1. The Morgan fingerprint density at radius 3 is 2.25 bits per heavy atom. The summed E-state index contributed by atoms with van der Waals surface area (Å²) in [5, 5.41) is 36.8. The quantitative estimate of drug-likeness (QED) is 0.401. The smallest absolute Gasteiger partial charge is 0.106 e. The molecule has 0 aliphatic heterocycles. The van der Waals surface area contributed by atoms with Gasteiger partial charge in [-0.05, 0) is 18.3 Å². The molecule has 12 heavy (non-hydrogen) atoms. The van der Waals surface area contributed by atoms with E-state index in [0.717, 1.165) is 0 Å². The first-order chi connectivity index (χ1) is 5.57. The van der Waals surface area contributed by atoms with Gasteiger partial charge in [0.25, 0.3) is 0 Å². The zero-order valence-electron chi connectivity index (χ0n) is 7.09. The molecular weight excluding hydrogens is 160 g/mol. The second-order valence-corrected chi connectivity index (χ2v) is 3.59. The van der Waals surface area contributed by atoms with Gasteiger partial charge in [0.15, 0.2) is 0 Å². The van der Waals surface area contributed by atoms with E-state index in [1.165, 1.54) is 0 Å². The van der Waals surface area contributed by atoms with Crippen molar-refractivity contribution in [1.82, 2.24) is 0 Å². The summed E-state index contributed by atoms with van der Waals surface area (Å²) in [4.78, 5) is 0. The van der Waals surface area contributed by atoms with Crippen LogP contribution >= 0.6 is 0 Å². The summed E-state index contributed by atoms with van der Waals surface area (Å²) in [6, 6.07) is 0. The molecule has 4 nitrogen and oxygen atoms in total. The first kappa shape index (κ1) is 9.92. The van der Waals surface area contributed by atoms with Gasteiger partial charge in [0, 0.05) is 6.61 Å². The van der Waals surface area contributed by atoms with Gasteiger partial charge < -0.3 is 20.4 Å². The minimum absolute atomic E-state index is 0.0536. The third-order valence-electron chi connectivity index (χ3n) is 2.81. The molecule has 0 saturated heterocycles. The average molecular weight is 176 g/mol. The summed E-state index contributed by atoms with van der Waals surface area (Å²) < 4.78 is 0. The Morgan fingerprint density at radius 1 is 1.17 bits per heavy atom. The molecule has 1 fully saturated rings. The van der Waals surface area contributed by atoms with E-state index < -0.39 is 18.3 Å². The molecular formula is C8H16O4. The number of hydrogen-bond donors (Lipinski definition) is 4. The SMILES string of the molecule is C[C@@H]1C(CO)C[C@H](O)C(O)[C@H]1O. The fourth-order valence-corrected chi connectivity index (χ4v) is 1.72. The van der Waals surface area contributed by atoms with Crippen LogP contribution in [0.15, 0.2) is 0 Å². The Labute approximate surface area is 71.5 Å². The van der Waals surface area contributed by atoms with Crippen LogP contribution in [-0.4, -0.2) is 45.3 Å². The summed E-state index contributed by atoms with van der Waals surface area (Å²) in [5.74, 6) is -0.271. The molecule has 0 aromatic carbocycles. The van der Waals surface area contributed by atoms with Crippen LogP contribution in [0.25, 0.3) is 0 Å². The number of hydrogen-bond acceptors (Lipinski definition) is 4. The lowest BCUT2D eigenvalue weighted by Gasteiger charge is -2.38. The fourth-order valence-electron chi connectivity index (χ4n) is 1.72. The number of aliphatic hydroxyl groups excluding tert-OH is 4. The van der Waals surface area contributed by atoms with Gasteiger partial charge in [0.2, 0.25) is 0 Å². The van der Waals surface area contributed by atoms with Crippen LogP contribution in [0, 0.1) is 11.8 Å². The molecule has 5 atom stereocenters. The summed E-state index contributed by atoms with van der Waals surface area (Å²) in [6.07, 6.45) is -2.54. The molecule has 72 valence electrons.